The Morgan fingerprint density at radius 3 is 2.70 bits per heavy atom. The van der Waals surface area contributed by atoms with Gasteiger partial charge in [-0.1, -0.05) is 23.5 Å². The van der Waals surface area contributed by atoms with Crippen LogP contribution in [0.2, 0.25) is 0 Å². The van der Waals surface area contributed by atoms with Gasteiger partial charge >= 0.3 is 0 Å². The lowest BCUT2D eigenvalue weighted by Crippen LogP contribution is -2.34. The molecule has 3 rings (SSSR count). The zero-order valence-corrected chi connectivity index (χ0v) is 16.6. The molecule has 0 atom stereocenters. The number of hydrogen-bond donors (Lipinski definition) is 2. The van der Waals surface area contributed by atoms with Crippen molar-refractivity contribution >= 4 is 27.8 Å². The third-order valence-electron chi connectivity index (χ3n) is 4.03. The third kappa shape index (κ3) is 5.56. The molecule has 2 aromatic heterocycles. The maximum atomic E-state index is 5.68. The second kappa shape index (κ2) is 10.7. The molecule has 4 N–H and O–H groups in total. The smallest absolute Gasteiger partial charge is 0.211 e. The molecule has 0 amide bonds. The number of nitrogens with zero attached hydrogens (tertiary/aromatic N) is 4. The Balaban J connectivity index is 0.00000261. The summed E-state index contributed by atoms with van der Waals surface area (Å²) >= 11 is 1.65. The summed E-state index contributed by atoms with van der Waals surface area (Å²) < 4.78 is 5.52. The summed E-state index contributed by atoms with van der Waals surface area (Å²) in [4.78, 5) is 0.892. The number of para-hydroxylation sites is 1. The minimum Gasteiger partial charge on any atom is -0.358 e. The van der Waals surface area contributed by atoms with Crippen molar-refractivity contribution in [2.24, 2.45) is 21.7 Å². The van der Waals surface area contributed by atoms with Crippen LogP contribution in [0.1, 0.15) is 18.4 Å². The van der Waals surface area contributed by atoms with E-state index in [2.05, 4.69) is 37.7 Å². The van der Waals surface area contributed by atoms with Crippen molar-refractivity contribution in [2.45, 2.75) is 25.9 Å². The topological polar surface area (TPSA) is 85.6 Å². The van der Waals surface area contributed by atoms with E-state index in [4.69, 9.17) is 11.5 Å². The van der Waals surface area contributed by atoms with Crippen molar-refractivity contribution in [3.63, 3.8) is 0 Å². The van der Waals surface area contributed by atoms with E-state index in [9.17, 15) is 0 Å². The van der Waals surface area contributed by atoms with E-state index in [1.807, 2.05) is 30.5 Å². The zero-order chi connectivity index (χ0) is 18.2. The van der Waals surface area contributed by atoms with Gasteiger partial charge in [-0.2, -0.15) is 5.10 Å². The zero-order valence-electron chi connectivity index (χ0n) is 15.8. The van der Waals surface area contributed by atoms with Crippen molar-refractivity contribution in [1.82, 2.24) is 4.57 Å². The van der Waals surface area contributed by atoms with Crippen LogP contribution in [0.3, 0.4) is 0 Å². The molecule has 144 valence electrons. The molecule has 1 aromatic carbocycles. The highest BCUT2D eigenvalue weighted by Gasteiger charge is 2.05. The van der Waals surface area contributed by atoms with Crippen LogP contribution in [-0.2, 0) is 13.1 Å². The van der Waals surface area contributed by atoms with Gasteiger partial charge in [-0.25, -0.2) is 4.57 Å². The molecule has 7 heteroatoms. The Morgan fingerprint density at radius 2 is 1.89 bits per heavy atom. The fraction of sp³-hybridized carbons (Fsp3) is 0.300. The number of aromatic nitrogens is 2. The number of rotatable bonds is 8. The van der Waals surface area contributed by atoms with E-state index in [-0.39, 0.29) is 7.43 Å². The standard InChI is InChI=1S/C19H25N6S.CH3/c20-9-4-12-24-11-3-6-16(15-24)14-22-23-19-25(13-5-10-21)17-7-1-2-8-18(17)26-19;/h1-3,6-8,11,14-15H,4-5,9-10,12-13,20-21H2;1H3/q+1;-1/b22-14+,23-19-;. The molecule has 0 fully saturated rings. The molecule has 2 heterocycles. The van der Waals surface area contributed by atoms with Crippen LogP contribution < -0.4 is 20.8 Å². The second-order valence-electron chi connectivity index (χ2n) is 6.01. The van der Waals surface area contributed by atoms with Gasteiger partial charge in [0.15, 0.2) is 12.4 Å². The normalized spacial score (nSPS) is 12.0. The predicted octanol–water partition coefficient (Wildman–Crippen LogP) is 2.07. The largest absolute Gasteiger partial charge is 0.358 e. The van der Waals surface area contributed by atoms with Crippen LogP contribution in [0, 0.1) is 7.43 Å². The van der Waals surface area contributed by atoms with Crippen LogP contribution in [0.15, 0.2) is 59.0 Å². The molecular formula is C20H28N6S. The maximum Gasteiger partial charge on any atom is 0.211 e. The highest BCUT2D eigenvalue weighted by Crippen LogP contribution is 2.16. The van der Waals surface area contributed by atoms with Gasteiger partial charge in [0.25, 0.3) is 0 Å². The molecule has 0 aliphatic carbocycles. The van der Waals surface area contributed by atoms with Gasteiger partial charge in [-0.3, -0.25) is 0 Å². The summed E-state index contributed by atoms with van der Waals surface area (Å²) in [7, 11) is 0. The number of benzene rings is 1. The Kier molecular flexibility index (Phi) is 8.32. The highest BCUT2D eigenvalue weighted by molar-refractivity contribution is 7.16. The molecule has 27 heavy (non-hydrogen) atoms. The Morgan fingerprint density at radius 1 is 1.07 bits per heavy atom. The highest BCUT2D eigenvalue weighted by atomic mass is 32.1. The maximum absolute atomic E-state index is 5.68. The molecule has 0 aliphatic rings. The molecule has 0 saturated heterocycles. The molecule has 0 spiro atoms. The van der Waals surface area contributed by atoms with Crippen LogP contribution in [-0.4, -0.2) is 23.9 Å². The van der Waals surface area contributed by atoms with Crippen LogP contribution in [0.5, 0.6) is 0 Å². The summed E-state index contributed by atoms with van der Waals surface area (Å²) in [6.45, 7) is 3.10. The fourth-order valence-electron chi connectivity index (χ4n) is 2.74. The Labute approximate surface area is 164 Å². The lowest BCUT2D eigenvalue weighted by Gasteiger charge is -2.02. The first-order valence-electron chi connectivity index (χ1n) is 8.86. The number of nitrogens with two attached hydrogens (primary N) is 2. The monoisotopic (exact) mass is 384 g/mol. The van der Waals surface area contributed by atoms with E-state index in [0.29, 0.717) is 13.1 Å². The Bertz CT molecular complexity index is 941. The first kappa shape index (κ1) is 21.0. The third-order valence-corrected chi connectivity index (χ3v) is 5.08. The van der Waals surface area contributed by atoms with Crippen molar-refractivity contribution in [2.75, 3.05) is 13.1 Å². The summed E-state index contributed by atoms with van der Waals surface area (Å²) in [6, 6.07) is 12.3. The van der Waals surface area contributed by atoms with Crippen molar-refractivity contribution in [3.05, 3.63) is 66.6 Å². The second-order valence-corrected chi connectivity index (χ2v) is 7.02. The van der Waals surface area contributed by atoms with Crippen LogP contribution in [0.4, 0.5) is 0 Å². The number of pyridine rings is 1. The van der Waals surface area contributed by atoms with Gasteiger partial charge in [0.1, 0.15) is 6.54 Å². The van der Waals surface area contributed by atoms with E-state index in [1.165, 1.54) is 10.2 Å². The number of hydrogen-bond acceptors (Lipinski definition) is 5. The van der Waals surface area contributed by atoms with Gasteiger partial charge in [0.05, 0.1) is 22.0 Å². The average Bonchev–Trinajstić information content (AvgIpc) is 3.02. The minimum absolute atomic E-state index is 0. The van der Waals surface area contributed by atoms with Gasteiger partial charge in [0, 0.05) is 19.0 Å². The average molecular weight is 385 g/mol. The Hall–Kier alpha value is -2.35. The van der Waals surface area contributed by atoms with Crippen molar-refractivity contribution in [1.29, 1.82) is 0 Å². The first-order chi connectivity index (χ1) is 12.8. The van der Waals surface area contributed by atoms with E-state index < -0.39 is 0 Å². The summed E-state index contributed by atoms with van der Waals surface area (Å²) in [6.07, 6.45) is 7.76. The van der Waals surface area contributed by atoms with E-state index in [1.54, 1.807) is 17.6 Å². The number of thiazole rings is 1. The first-order valence-corrected chi connectivity index (χ1v) is 9.68. The number of fused-ring (bicyclic) bond motifs is 1. The molecule has 0 bridgehead atoms. The molecule has 3 aromatic rings. The van der Waals surface area contributed by atoms with E-state index >= 15 is 0 Å². The molecule has 0 saturated carbocycles. The predicted molar refractivity (Wildman–Crippen MR) is 113 cm³/mol. The van der Waals surface area contributed by atoms with Crippen molar-refractivity contribution in [3.8, 4) is 0 Å². The summed E-state index contributed by atoms with van der Waals surface area (Å²) in [5, 5.41) is 8.78. The molecule has 6 nitrogen and oxygen atoms in total. The van der Waals surface area contributed by atoms with Gasteiger partial charge in [0.2, 0.25) is 4.80 Å². The molecule has 0 unspecified atom stereocenters. The van der Waals surface area contributed by atoms with Gasteiger partial charge in [-0.05, 0) is 37.7 Å². The summed E-state index contributed by atoms with van der Waals surface area (Å²) in [5.74, 6) is 0. The van der Waals surface area contributed by atoms with Gasteiger partial charge < -0.3 is 23.5 Å². The van der Waals surface area contributed by atoms with Crippen LogP contribution in [0.25, 0.3) is 10.2 Å². The molecule has 0 aliphatic heterocycles. The van der Waals surface area contributed by atoms with Crippen molar-refractivity contribution < 1.29 is 4.57 Å². The molecule has 0 radical (unpaired) electrons. The SMILES string of the molecule is NCCCn1/c(=N/N=C/c2ccc[n+](CCCN)c2)sc2ccccc21.[CH3-]. The van der Waals surface area contributed by atoms with Gasteiger partial charge in [-0.15, -0.1) is 5.10 Å². The fourth-order valence-corrected chi connectivity index (χ4v) is 3.75. The molecular weight excluding hydrogens is 356 g/mol. The number of aryl methyl sites for hydroxylation is 2. The van der Waals surface area contributed by atoms with E-state index in [0.717, 1.165) is 36.3 Å². The summed E-state index contributed by atoms with van der Waals surface area (Å²) in [5.41, 5.74) is 13.5. The quantitative estimate of drug-likeness (QED) is 0.270. The van der Waals surface area contributed by atoms with Crippen LogP contribution >= 0.6 is 11.3 Å². The lowest BCUT2D eigenvalue weighted by atomic mass is 10.3. The minimum atomic E-state index is 0. The lowest BCUT2D eigenvalue weighted by molar-refractivity contribution is -0.697.